The molecule has 96 valence electrons. The second-order valence-corrected chi connectivity index (χ2v) is 4.40. The minimum Gasteiger partial charge on any atom is -0.484 e. The summed E-state index contributed by atoms with van der Waals surface area (Å²) in [4.78, 5) is 4.19. The summed E-state index contributed by atoms with van der Waals surface area (Å²) in [5.74, 6) is 1.63. The number of benzene rings is 1. The second kappa shape index (κ2) is 5.16. The van der Waals surface area contributed by atoms with Crippen LogP contribution >= 0.6 is 0 Å². The van der Waals surface area contributed by atoms with Crippen molar-refractivity contribution in [3.05, 3.63) is 41.3 Å². The first-order valence-electron chi connectivity index (χ1n) is 5.77. The van der Waals surface area contributed by atoms with Gasteiger partial charge in [0.1, 0.15) is 11.6 Å². The first kappa shape index (κ1) is 12.5. The van der Waals surface area contributed by atoms with Crippen molar-refractivity contribution in [3.63, 3.8) is 0 Å². The highest BCUT2D eigenvalue weighted by Gasteiger charge is 2.10. The molecule has 0 bridgehead atoms. The van der Waals surface area contributed by atoms with Gasteiger partial charge in [-0.05, 0) is 30.7 Å². The lowest BCUT2D eigenvalue weighted by Gasteiger charge is -2.04. The highest BCUT2D eigenvalue weighted by molar-refractivity contribution is 5.28. The Hall–Kier alpha value is -1.91. The van der Waals surface area contributed by atoms with Gasteiger partial charge in [-0.25, -0.2) is 4.39 Å². The van der Waals surface area contributed by atoms with Gasteiger partial charge in [0.25, 0.3) is 5.89 Å². The van der Waals surface area contributed by atoms with Crippen molar-refractivity contribution in [1.82, 2.24) is 10.1 Å². The van der Waals surface area contributed by atoms with E-state index < -0.39 is 0 Å². The summed E-state index contributed by atoms with van der Waals surface area (Å²) >= 11 is 0. The molecule has 0 aliphatic carbocycles. The maximum absolute atomic E-state index is 13.1. The first-order valence-corrected chi connectivity index (χ1v) is 5.77. The van der Waals surface area contributed by atoms with Gasteiger partial charge in [0, 0.05) is 5.92 Å². The largest absolute Gasteiger partial charge is 0.484 e. The molecule has 1 heterocycles. The van der Waals surface area contributed by atoms with Crippen LogP contribution in [0.4, 0.5) is 4.39 Å². The molecule has 0 N–H and O–H groups in total. The third-order valence-corrected chi connectivity index (χ3v) is 2.49. The van der Waals surface area contributed by atoms with Crippen LogP contribution in [0.1, 0.15) is 37.0 Å². The summed E-state index contributed by atoms with van der Waals surface area (Å²) in [5.41, 5.74) is 0.542. The average Bonchev–Trinajstić information content (AvgIpc) is 2.79. The number of halogens is 1. The summed E-state index contributed by atoms with van der Waals surface area (Å²) in [7, 11) is 0. The number of hydrogen-bond donors (Lipinski definition) is 0. The molecule has 0 radical (unpaired) electrons. The maximum Gasteiger partial charge on any atom is 0.264 e. The minimum absolute atomic E-state index is 0.185. The number of aromatic nitrogens is 2. The fourth-order valence-corrected chi connectivity index (χ4v) is 1.41. The van der Waals surface area contributed by atoms with Crippen molar-refractivity contribution in [1.29, 1.82) is 0 Å². The third-order valence-electron chi connectivity index (χ3n) is 2.49. The lowest BCUT2D eigenvalue weighted by molar-refractivity contribution is 0.242. The van der Waals surface area contributed by atoms with E-state index in [1.165, 1.54) is 6.07 Å². The van der Waals surface area contributed by atoms with Gasteiger partial charge in [-0.3, -0.25) is 0 Å². The fraction of sp³-hybridized carbons (Fsp3) is 0.385. The Bertz CT molecular complexity index is 538. The number of nitrogens with zero attached hydrogens (tertiary/aromatic N) is 2. The van der Waals surface area contributed by atoms with Crippen molar-refractivity contribution in [2.24, 2.45) is 0 Å². The minimum atomic E-state index is -0.248. The van der Waals surface area contributed by atoms with Crippen molar-refractivity contribution in [2.75, 3.05) is 0 Å². The maximum atomic E-state index is 13.1. The summed E-state index contributed by atoms with van der Waals surface area (Å²) in [6.45, 7) is 5.84. The van der Waals surface area contributed by atoms with E-state index in [-0.39, 0.29) is 18.3 Å². The van der Waals surface area contributed by atoms with Crippen molar-refractivity contribution >= 4 is 0 Å². The lowest BCUT2D eigenvalue weighted by atomic mass is 10.2. The third kappa shape index (κ3) is 2.85. The molecule has 0 aliphatic heterocycles. The summed E-state index contributed by atoms with van der Waals surface area (Å²) in [5, 5.41) is 3.83. The molecule has 0 aliphatic rings. The number of rotatable bonds is 4. The average molecular weight is 250 g/mol. The van der Waals surface area contributed by atoms with Crippen LogP contribution in [0.15, 0.2) is 22.7 Å². The zero-order chi connectivity index (χ0) is 13.1. The van der Waals surface area contributed by atoms with Crippen LogP contribution in [0.5, 0.6) is 5.75 Å². The smallest absolute Gasteiger partial charge is 0.264 e. The topological polar surface area (TPSA) is 48.2 Å². The van der Waals surface area contributed by atoms with Gasteiger partial charge in [-0.1, -0.05) is 19.0 Å². The molecule has 1 aromatic carbocycles. The Morgan fingerprint density at radius 2 is 2.17 bits per heavy atom. The fourth-order valence-electron chi connectivity index (χ4n) is 1.41. The highest BCUT2D eigenvalue weighted by Crippen LogP contribution is 2.17. The summed E-state index contributed by atoms with van der Waals surface area (Å²) < 4.78 is 23.6. The van der Waals surface area contributed by atoms with Gasteiger partial charge in [0.05, 0.1) is 0 Å². The molecule has 0 saturated carbocycles. The van der Waals surface area contributed by atoms with Crippen molar-refractivity contribution in [2.45, 2.75) is 33.3 Å². The van der Waals surface area contributed by atoms with E-state index in [9.17, 15) is 4.39 Å². The molecule has 0 atom stereocenters. The SMILES string of the molecule is Cc1cc(OCc2nc(C(C)C)no2)ccc1F. The monoisotopic (exact) mass is 250 g/mol. The Labute approximate surface area is 105 Å². The Morgan fingerprint density at radius 3 is 2.78 bits per heavy atom. The Balaban J connectivity index is 2.00. The second-order valence-electron chi connectivity index (χ2n) is 4.40. The highest BCUT2D eigenvalue weighted by atomic mass is 19.1. The van der Waals surface area contributed by atoms with Crippen LogP contribution in [0.2, 0.25) is 0 Å². The van der Waals surface area contributed by atoms with E-state index in [1.807, 2.05) is 13.8 Å². The van der Waals surface area contributed by atoms with Crippen LogP contribution in [-0.4, -0.2) is 10.1 Å². The molecule has 0 unspecified atom stereocenters. The summed E-state index contributed by atoms with van der Waals surface area (Å²) in [6.07, 6.45) is 0. The van der Waals surface area contributed by atoms with Crippen LogP contribution in [0.25, 0.3) is 0 Å². The molecule has 5 heteroatoms. The van der Waals surface area contributed by atoms with Gasteiger partial charge in [-0.15, -0.1) is 0 Å². The van der Waals surface area contributed by atoms with Crippen molar-refractivity contribution in [3.8, 4) is 5.75 Å². The van der Waals surface area contributed by atoms with Gasteiger partial charge >= 0.3 is 0 Å². The molecule has 18 heavy (non-hydrogen) atoms. The van der Waals surface area contributed by atoms with E-state index in [0.717, 1.165) is 0 Å². The first-order chi connectivity index (χ1) is 8.56. The lowest BCUT2D eigenvalue weighted by Crippen LogP contribution is -1.97. The molecule has 0 amide bonds. The number of aryl methyl sites for hydroxylation is 1. The normalized spacial score (nSPS) is 10.9. The molecular weight excluding hydrogens is 235 g/mol. The predicted octanol–water partition coefficient (Wildman–Crippen LogP) is 3.22. The van der Waals surface area contributed by atoms with E-state index in [0.29, 0.717) is 23.0 Å². The zero-order valence-electron chi connectivity index (χ0n) is 10.6. The van der Waals surface area contributed by atoms with Gasteiger partial charge in [0.15, 0.2) is 12.4 Å². The quantitative estimate of drug-likeness (QED) is 0.835. The summed E-state index contributed by atoms with van der Waals surface area (Å²) in [6, 6.07) is 4.58. The molecule has 0 fully saturated rings. The molecule has 1 aromatic heterocycles. The predicted molar refractivity (Wildman–Crippen MR) is 63.9 cm³/mol. The van der Waals surface area contributed by atoms with Crippen LogP contribution < -0.4 is 4.74 Å². The van der Waals surface area contributed by atoms with E-state index in [4.69, 9.17) is 9.26 Å². The zero-order valence-corrected chi connectivity index (χ0v) is 10.6. The van der Waals surface area contributed by atoms with Crippen LogP contribution in [0.3, 0.4) is 0 Å². The van der Waals surface area contributed by atoms with E-state index >= 15 is 0 Å². The standard InChI is InChI=1S/C13H15FN2O2/c1-8(2)13-15-12(18-16-13)7-17-10-4-5-11(14)9(3)6-10/h4-6,8H,7H2,1-3H3. The molecule has 4 nitrogen and oxygen atoms in total. The molecule has 2 aromatic rings. The molecule has 2 rings (SSSR count). The van der Waals surface area contributed by atoms with Crippen molar-refractivity contribution < 1.29 is 13.7 Å². The molecule has 0 spiro atoms. The van der Waals surface area contributed by atoms with Gasteiger partial charge in [-0.2, -0.15) is 4.98 Å². The molecule has 0 saturated heterocycles. The van der Waals surface area contributed by atoms with Crippen LogP contribution in [-0.2, 0) is 6.61 Å². The van der Waals surface area contributed by atoms with Gasteiger partial charge < -0.3 is 9.26 Å². The van der Waals surface area contributed by atoms with E-state index in [2.05, 4.69) is 10.1 Å². The number of ether oxygens (including phenoxy) is 1. The van der Waals surface area contributed by atoms with Crippen LogP contribution in [0, 0.1) is 12.7 Å². The Morgan fingerprint density at radius 1 is 1.39 bits per heavy atom. The van der Waals surface area contributed by atoms with E-state index in [1.54, 1.807) is 19.1 Å². The van der Waals surface area contributed by atoms with Gasteiger partial charge in [0.2, 0.25) is 0 Å². The Kier molecular flexibility index (Phi) is 3.60. The molecular formula is C13H15FN2O2. The number of hydrogen-bond acceptors (Lipinski definition) is 4.